The van der Waals surface area contributed by atoms with Gasteiger partial charge in [-0.25, -0.2) is 0 Å². The van der Waals surface area contributed by atoms with E-state index < -0.39 is 0 Å². The van der Waals surface area contributed by atoms with E-state index in [2.05, 4.69) is 24.0 Å². The van der Waals surface area contributed by atoms with Gasteiger partial charge in [0.25, 0.3) is 0 Å². The number of nitrogens with two attached hydrogens (primary N) is 1. The van der Waals surface area contributed by atoms with Crippen molar-refractivity contribution in [1.29, 1.82) is 0 Å². The highest BCUT2D eigenvalue weighted by Crippen LogP contribution is 2.36. The molecule has 2 rings (SSSR count). The van der Waals surface area contributed by atoms with Crippen LogP contribution in [0, 0.1) is 13.8 Å². The molecular weight excluding hydrogens is 236 g/mol. The Morgan fingerprint density at radius 3 is 2.21 bits per heavy atom. The number of hydrogen-bond acceptors (Lipinski definition) is 3. The van der Waals surface area contributed by atoms with Crippen LogP contribution >= 0.6 is 0 Å². The van der Waals surface area contributed by atoms with Crippen molar-refractivity contribution >= 4 is 17.1 Å². The fourth-order valence-corrected chi connectivity index (χ4v) is 2.17. The molecule has 0 saturated carbocycles. The Labute approximate surface area is 114 Å². The third-order valence-corrected chi connectivity index (χ3v) is 3.24. The Morgan fingerprint density at radius 1 is 0.947 bits per heavy atom. The molecule has 3 heteroatoms. The average Bonchev–Trinajstić information content (AvgIpc) is 2.38. The third-order valence-electron chi connectivity index (χ3n) is 3.24. The molecular formula is C16H20N2O. The summed E-state index contributed by atoms with van der Waals surface area (Å²) in [5, 5.41) is 0. The summed E-state index contributed by atoms with van der Waals surface area (Å²) in [4.78, 5) is 2.06. The molecule has 19 heavy (non-hydrogen) atoms. The van der Waals surface area contributed by atoms with Gasteiger partial charge in [-0.15, -0.1) is 0 Å². The molecule has 0 aliphatic heterocycles. The summed E-state index contributed by atoms with van der Waals surface area (Å²) < 4.78 is 5.42. The minimum atomic E-state index is 0.769. The third kappa shape index (κ3) is 2.65. The van der Waals surface area contributed by atoms with Gasteiger partial charge in [-0.3, -0.25) is 0 Å². The number of benzene rings is 2. The Kier molecular flexibility index (Phi) is 3.65. The van der Waals surface area contributed by atoms with Gasteiger partial charge in [0.2, 0.25) is 0 Å². The topological polar surface area (TPSA) is 38.5 Å². The first kappa shape index (κ1) is 13.3. The van der Waals surface area contributed by atoms with Crippen molar-refractivity contribution < 1.29 is 4.74 Å². The van der Waals surface area contributed by atoms with Crippen LogP contribution in [0.15, 0.2) is 36.4 Å². The van der Waals surface area contributed by atoms with Gasteiger partial charge in [-0.2, -0.15) is 0 Å². The molecule has 0 aliphatic carbocycles. The maximum atomic E-state index is 6.11. The standard InChI is InChI=1S/C16H20N2O/c1-11-5-7-14(13(17)9-11)18(3)15-10-12(2)6-8-16(15)19-4/h5-10H,17H2,1-4H3. The van der Waals surface area contributed by atoms with Crippen LogP contribution in [-0.4, -0.2) is 14.2 Å². The molecule has 0 aromatic heterocycles. The number of hydrogen-bond donors (Lipinski definition) is 1. The smallest absolute Gasteiger partial charge is 0.142 e. The molecule has 0 amide bonds. The highest BCUT2D eigenvalue weighted by atomic mass is 16.5. The molecule has 2 N–H and O–H groups in total. The lowest BCUT2D eigenvalue weighted by Gasteiger charge is -2.24. The summed E-state index contributed by atoms with van der Waals surface area (Å²) in [6.45, 7) is 4.10. The number of aryl methyl sites for hydroxylation is 2. The van der Waals surface area contributed by atoms with Crippen LogP contribution in [0.25, 0.3) is 0 Å². The van der Waals surface area contributed by atoms with Gasteiger partial charge < -0.3 is 15.4 Å². The molecule has 0 unspecified atom stereocenters. The second kappa shape index (κ2) is 5.22. The predicted octanol–water partition coefficient (Wildman–Crippen LogP) is 3.66. The van der Waals surface area contributed by atoms with Crippen LogP contribution in [0.5, 0.6) is 5.75 Å². The van der Waals surface area contributed by atoms with Crippen LogP contribution in [0.4, 0.5) is 17.1 Å². The molecule has 0 spiro atoms. The van der Waals surface area contributed by atoms with Gasteiger partial charge in [0.1, 0.15) is 5.75 Å². The number of nitrogens with zero attached hydrogens (tertiary/aromatic N) is 1. The van der Waals surface area contributed by atoms with Crippen molar-refractivity contribution in [3.8, 4) is 5.75 Å². The van der Waals surface area contributed by atoms with Gasteiger partial charge in [0.15, 0.2) is 0 Å². The Morgan fingerprint density at radius 2 is 1.58 bits per heavy atom. The van der Waals surface area contributed by atoms with E-state index in [1.165, 1.54) is 5.56 Å². The van der Waals surface area contributed by atoms with Gasteiger partial charge in [0, 0.05) is 7.05 Å². The summed E-state index contributed by atoms with van der Waals surface area (Å²) in [5.74, 6) is 0.841. The highest BCUT2D eigenvalue weighted by molar-refractivity contribution is 5.77. The Bertz CT molecular complexity index is 593. The summed E-state index contributed by atoms with van der Waals surface area (Å²) in [7, 11) is 3.68. The predicted molar refractivity (Wildman–Crippen MR) is 81.4 cm³/mol. The van der Waals surface area contributed by atoms with E-state index in [0.717, 1.165) is 28.4 Å². The highest BCUT2D eigenvalue weighted by Gasteiger charge is 2.12. The number of methoxy groups -OCH3 is 1. The lowest BCUT2D eigenvalue weighted by atomic mass is 10.1. The normalized spacial score (nSPS) is 10.3. The molecule has 3 nitrogen and oxygen atoms in total. The molecule has 0 radical (unpaired) electrons. The average molecular weight is 256 g/mol. The lowest BCUT2D eigenvalue weighted by Crippen LogP contribution is -2.13. The van der Waals surface area contributed by atoms with Crippen LogP contribution in [0.3, 0.4) is 0 Å². The molecule has 0 atom stereocenters. The molecule has 0 heterocycles. The minimum Gasteiger partial charge on any atom is -0.495 e. The Hall–Kier alpha value is -2.16. The van der Waals surface area contributed by atoms with E-state index in [0.29, 0.717) is 0 Å². The van der Waals surface area contributed by atoms with E-state index in [1.54, 1.807) is 7.11 Å². The zero-order chi connectivity index (χ0) is 14.0. The first-order valence-corrected chi connectivity index (χ1v) is 6.27. The zero-order valence-electron chi connectivity index (χ0n) is 11.9. The largest absolute Gasteiger partial charge is 0.495 e. The maximum Gasteiger partial charge on any atom is 0.142 e. The van der Waals surface area contributed by atoms with Gasteiger partial charge >= 0.3 is 0 Å². The van der Waals surface area contributed by atoms with Crippen molar-refractivity contribution in [1.82, 2.24) is 0 Å². The monoisotopic (exact) mass is 256 g/mol. The van der Waals surface area contributed by atoms with Crippen molar-refractivity contribution in [3.63, 3.8) is 0 Å². The van der Waals surface area contributed by atoms with Crippen LogP contribution < -0.4 is 15.4 Å². The van der Waals surface area contributed by atoms with Gasteiger partial charge in [-0.05, 0) is 49.2 Å². The van der Waals surface area contributed by atoms with Crippen LogP contribution in [0.2, 0.25) is 0 Å². The maximum absolute atomic E-state index is 6.11. The summed E-state index contributed by atoms with van der Waals surface area (Å²) in [5.41, 5.74) is 11.2. The molecule has 0 fully saturated rings. The molecule has 100 valence electrons. The van der Waals surface area contributed by atoms with Gasteiger partial charge in [0.05, 0.1) is 24.2 Å². The fraction of sp³-hybridized carbons (Fsp3) is 0.250. The Balaban J connectivity index is 2.49. The molecule has 0 saturated heterocycles. The van der Waals surface area contributed by atoms with Crippen molar-refractivity contribution in [3.05, 3.63) is 47.5 Å². The first-order chi connectivity index (χ1) is 9.02. The van der Waals surface area contributed by atoms with Crippen molar-refractivity contribution in [2.75, 3.05) is 24.8 Å². The van der Waals surface area contributed by atoms with E-state index in [9.17, 15) is 0 Å². The number of ether oxygens (including phenoxy) is 1. The first-order valence-electron chi connectivity index (χ1n) is 6.27. The summed E-state index contributed by atoms with van der Waals surface area (Å²) in [6, 6.07) is 12.2. The van der Waals surface area contributed by atoms with Crippen LogP contribution in [0.1, 0.15) is 11.1 Å². The van der Waals surface area contributed by atoms with E-state index in [-0.39, 0.29) is 0 Å². The quantitative estimate of drug-likeness (QED) is 0.852. The number of rotatable bonds is 3. The second-order valence-electron chi connectivity index (χ2n) is 4.80. The molecule has 0 aliphatic rings. The lowest BCUT2D eigenvalue weighted by molar-refractivity contribution is 0.415. The van der Waals surface area contributed by atoms with E-state index in [4.69, 9.17) is 10.5 Å². The second-order valence-corrected chi connectivity index (χ2v) is 4.80. The van der Waals surface area contributed by atoms with Crippen molar-refractivity contribution in [2.24, 2.45) is 0 Å². The van der Waals surface area contributed by atoms with E-state index >= 15 is 0 Å². The molecule has 2 aromatic carbocycles. The van der Waals surface area contributed by atoms with Crippen LogP contribution in [-0.2, 0) is 0 Å². The fourth-order valence-electron chi connectivity index (χ4n) is 2.17. The summed E-state index contributed by atoms with van der Waals surface area (Å²) >= 11 is 0. The SMILES string of the molecule is COc1ccc(C)cc1N(C)c1ccc(C)cc1N. The van der Waals surface area contributed by atoms with E-state index in [1.807, 2.05) is 38.2 Å². The molecule has 2 aromatic rings. The summed E-state index contributed by atoms with van der Waals surface area (Å²) in [6.07, 6.45) is 0. The number of anilines is 3. The zero-order valence-corrected chi connectivity index (χ0v) is 11.9. The van der Waals surface area contributed by atoms with Gasteiger partial charge in [-0.1, -0.05) is 12.1 Å². The number of nitrogen functional groups attached to an aromatic ring is 1. The van der Waals surface area contributed by atoms with Crippen molar-refractivity contribution in [2.45, 2.75) is 13.8 Å². The molecule has 0 bridgehead atoms. The minimum absolute atomic E-state index is 0.769.